The SMILES string of the molecule is O=C(Nc1ccc2c(c1)Cc1ccccc1-2)C1CC(=O)N(c2ccccc2)C1. The Morgan fingerprint density at radius 2 is 1.64 bits per heavy atom. The third-order valence-electron chi connectivity index (χ3n) is 5.62. The molecule has 0 aromatic heterocycles. The molecule has 0 spiro atoms. The highest BCUT2D eigenvalue weighted by Crippen LogP contribution is 2.37. The molecule has 138 valence electrons. The van der Waals surface area contributed by atoms with Crippen LogP contribution in [-0.4, -0.2) is 18.4 Å². The average Bonchev–Trinajstić information content (AvgIpc) is 3.28. The Balaban J connectivity index is 1.30. The molecule has 5 rings (SSSR count). The minimum Gasteiger partial charge on any atom is -0.326 e. The van der Waals surface area contributed by atoms with E-state index in [1.165, 1.54) is 22.3 Å². The van der Waals surface area contributed by atoms with Crippen molar-refractivity contribution in [3.05, 3.63) is 83.9 Å². The van der Waals surface area contributed by atoms with Gasteiger partial charge in [0.05, 0.1) is 5.92 Å². The summed E-state index contributed by atoms with van der Waals surface area (Å²) in [5.74, 6) is -0.434. The van der Waals surface area contributed by atoms with Crippen LogP contribution in [0.2, 0.25) is 0 Å². The van der Waals surface area contributed by atoms with Gasteiger partial charge in [-0.2, -0.15) is 0 Å². The lowest BCUT2D eigenvalue weighted by atomic mass is 10.0. The first-order valence-electron chi connectivity index (χ1n) is 9.56. The van der Waals surface area contributed by atoms with E-state index in [4.69, 9.17) is 0 Å². The summed E-state index contributed by atoms with van der Waals surface area (Å²) in [6.07, 6.45) is 1.13. The van der Waals surface area contributed by atoms with Crippen LogP contribution in [0.3, 0.4) is 0 Å². The molecule has 0 radical (unpaired) electrons. The second-order valence-electron chi connectivity index (χ2n) is 7.44. The van der Waals surface area contributed by atoms with E-state index in [0.29, 0.717) is 6.54 Å². The number of rotatable bonds is 3. The fourth-order valence-electron chi connectivity index (χ4n) is 4.21. The molecule has 1 unspecified atom stereocenters. The highest BCUT2D eigenvalue weighted by Gasteiger charge is 2.35. The third kappa shape index (κ3) is 2.87. The highest BCUT2D eigenvalue weighted by molar-refractivity contribution is 6.03. The van der Waals surface area contributed by atoms with E-state index in [9.17, 15) is 9.59 Å². The second kappa shape index (κ2) is 6.64. The fourth-order valence-corrected chi connectivity index (χ4v) is 4.21. The normalized spacial score (nSPS) is 17.4. The summed E-state index contributed by atoms with van der Waals surface area (Å²) < 4.78 is 0. The third-order valence-corrected chi connectivity index (χ3v) is 5.62. The molecule has 2 aliphatic rings. The Labute approximate surface area is 163 Å². The predicted molar refractivity (Wildman–Crippen MR) is 110 cm³/mol. The van der Waals surface area contributed by atoms with Crippen molar-refractivity contribution in [1.82, 2.24) is 0 Å². The van der Waals surface area contributed by atoms with E-state index < -0.39 is 0 Å². The summed E-state index contributed by atoms with van der Waals surface area (Å²) in [6.45, 7) is 0.422. The van der Waals surface area contributed by atoms with E-state index in [0.717, 1.165) is 17.8 Å². The Hall–Kier alpha value is -3.40. The molecule has 1 aliphatic carbocycles. The molecule has 1 atom stereocenters. The number of carbonyl (C=O) groups is 2. The van der Waals surface area contributed by atoms with Gasteiger partial charge in [-0.25, -0.2) is 0 Å². The largest absolute Gasteiger partial charge is 0.326 e. The lowest BCUT2D eigenvalue weighted by Gasteiger charge is -2.16. The van der Waals surface area contributed by atoms with Gasteiger partial charge >= 0.3 is 0 Å². The van der Waals surface area contributed by atoms with Gasteiger partial charge in [0.15, 0.2) is 0 Å². The highest BCUT2D eigenvalue weighted by atomic mass is 16.2. The smallest absolute Gasteiger partial charge is 0.229 e. The second-order valence-corrected chi connectivity index (χ2v) is 7.44. The predicted octanol–water partition coefficient (Wildman–Crippen LogP) is 4.25. The zero-order valence-corrected chi connectivity index (χ0v) is 15.4. The number of carbonyl (C=O) groups excluding carboxylic acids is 2. The van der Waals surface area contributed by atoms with Gasteiger partial charge in [-0.1, -0.05) is 48.5 Å². The van der Waals surface area contributed by atoms with Gasteiger partial charge in [-0.15, -0.1) is 0 Å². The first-order valence-corrected chi connectivity index (χ1v) is 9.56. The van der Waals surface area contributed by atoms with Crippen molar-refractivity contribution < 1.29 is 9.59 Å². The van der Waals surface area contributed by atoms with Gasteiger partial charge < -0.3 is 10.2 Å². The van der Waals surface area contributed by atoms with Crippen molar-refractivity contribution in [2.75, 3.05) is 16.8 Å². The summed E-state index contributed by atoms with van der Waals surface area (Å²) in [4.78, 5) is 26.8. The number of nitrogens with zero attached hydrogens (tertiary/aromatic N) is 1. The average molecular weight is 368 g/mol. The van der Waals surface area contributed by atoms with Crippen LogP contribution >= 0.6 is 0 Å². The van der Waals surface area contributed by atoms with Crippen molar-refractivity contribution in [3.63, 3.8) is 0 Å². The minimum atomic E-state index is -0.335. The zero-order chi connectivity index (χ0) is 19.1. The van der Waals surface area contributed by atoms with Crippen molar-refractivity contribution >= 4 is 23.2 Å². The van der Waals surface area contributed by atoms with E-state index in [2.05, 4.69) is 41.7 Å². The van der Waals surface area contributed by atoms with Crippen LogP contribution in [0.15, 0.2) is 72.8 Å². The van der Waals surface area contributed by atoms with Crippen molar-refractivity contribution in [1.29, 1.82) is 0 Å². The van der Waals surface area contributed by atoms with Gasteiger partial charge in [0.1, 0.15) is 0 Å². The molecule has 1 heterocycles. The summed E-state index contributed by atoms with van der Waals surface area (Å²) >= 11 is 0. The van der Waals surface area contributed by atoms with Gasteiger partial charge in [0.2, 0.25) is 11.8 Å². The molecular formula is C24H20N2O2. The van der Waals surface area contributed by atoms with E-state index in [1.807, 2.05) is 36.4 Å². The number of amides is 2. The van der Waals surface area contributed by atoms with Gasteiger partial charge in [0.25, 0.3) is 0 Å². The molecule has 4 heteroatoms. The molecule has 1 N–H and O–H groups in total. The topological polar surface area (TPSA) is 49.4 Å². The van der Waals surface area contributed by atoms with Crippen molar-refractivity contribution in [2.24, 2.45) is 5.92 Å². The van der Waals surface area contributed by atoms with Crippen LogP contribution in [-0.2, 0) is 16.0 Å². The van der Waals surface area contributed by atoms with Crippen molar-refractivity contribution in [3.8, 4) is 11.1 Å². The molecule has 4 nitrogen and oxygen atoms in total. The molecule has 2 amide bonds. The lowest BCUT2D eigenvalue weighted by molar-refractivity contribution is -0.122. The standard InChI is InChI=1S/C24H20N2O2/c27-23-14-18(15-26(23)20-7-2-1-3-8-20)24(28)25-19-10-11-22-17(13-19)12-16-6-4-5-9-21(16)22/h1-11,13,18H,12,14-15H2,(H,25,28). The zero-order valence-electron chi connectivity index (χ0n) is 15.4. The Bertz CT molecular complexity index is 1070. The maximum absolute atomic E-state index is 12.8. The van der Waals surface area contributed by atoms with E-state index in [-0.39, 0.29) is 24.2 Å². The van der Waals surface area contributed by atoms with Crippen LogP contribution < -0.4 is 10.2 Å². The summed E-state index contributed by atoms with van der Waals surface area (Å²) in [5.41, 5.74) is 6.70. The number of para-hydroxylation sites is 1. The molecule has 1 fully saturated rings. The summed E-state index contributed by atoms with van der Waals surface area (Å²) in [5, 5.41) is 3.02. The molecule has 0 bridgehead atoms. The number of benzene rings is 3. The molecule has 28 heavy (non-hydrogen) atoms. The van der Waals surface area contributed by atoms with Crippen molar-refractivity contribution in [2.45, 2.75) is 12.8 Å². The maximum Gasteiger partial charge on any atom is 0.229 e. The van der Waals surface area contributed by atoms with E-state index in [1.54, 1.807) is 4.90 Å². The molecular weight excluding hydrogens is 348 g/mol. The molecule has 3 aromatic rings. The number of anilines is 2. The van der Waals surface area contributed by atoms with Gasteiger partial charge in [0, 0.05) is 24.3 Å². The lowest BCUT2D eigenvalue weighted by Crippen LogP contribution is -2.28. The van der Waals surface area contributed by atoms with Crippen LogP contribution in [0.1, 0.15) is 17.5 Å². The monoisotopic (exact) mass is 368 g/mol. The number of nitrogens with one attached hydrogen (secondary N) is 1. The Morgan fingerprint density at radius 1 is 0.893 bits per heavy atom. The first-order chi connectivity index (χ1) is 13.7. The Kier molecular flexibility index (Phi) is 3.97. The quantitative estimate of drug-likeness (QED) is 0.588. The van der Waals surface area contributed by atoms with Gasteiger partial charge in [-0.3, -0.25) is 9.59 Å². The summed E-state index contributed by atoms with van der Waals surface area (Å²) in [6, 6.07) is 24.0. The minimum absolute atomic E-state index is 0.00393. The molecule has 3 aromatic carbocycles. The maximum atomic E-state index is 12.8. The number of fused-ring (bicyclic) bond motifs is 3. The van der Waals surface area contributed by atoms with Crippen LogP contribution in [0, 0.1) is 5.92 Å². The van der Waals surface area contributed by atoms with Crippen LogP contribution in [0.4, 0.5) is 11.4 Å². The fraction of sp³-hybridized carbons (Fsp3) is 0.167. The van der Waals surface area contributed by atoms with Crippen LogP contribution in [0.5, 0.6) is 0 Å². The summed E-state index contributed by atoms with van der Waals surface area (Å²) in [7, 11) is 0. The Morgan fingerprint density at radius 3 is 2.50 bits per heavy atom. The van der Waals surface area contributed by atoms with Crippen LogP contribution in [0.25, 0.3) is 11.1 Å². The van der Waals surface area contributed by atoms with Gasteiger partial charge in [-0.05, 0) is 52.9 Å². The molecule has 1 aliphatic heterocycles. The molecule has 1 saturated heterocycles. The first kappa shape index (κ1) is 16.8. The van der Waals surface area contributed by atoms with E-state index >= 15 is 0 Å². The molecule has 0 saturated carbocycles. The number of hydrogen-bond donors (Lipinski definition) is 1. The number of hydrogen-bond acceptors (Lipinski definition) is 2.